The minimum absolute atomic E-state index is 0.129. The van der Waals surface area contributed by atoms with Crippen LogP contribution in [0.25, 0.3) is 10.4 Å². The first-order valence-corrected chi connectivity index (χ1v) is 9.29. The van der Waals surface area contributed by atoms with E-state index in [4.69, 9.17) is 10.3 Å². The SMILES string of the molecule is C[C@H]1CCC[C@H](N=[N+]=[N-])C1NC(=O)c1ccc(OCc2ccccc2)cc1. The van der Waals surface area contributed by atoms with Gasteiger partial charge in [-0.2, -0.15) is 0 Å². The monoisotopic (exact) mass is 364 g/mol. The molecule has 6 nitrogen and oxygen atoms in total. The lowest BCUT2D eigenvalue weighted by atomic mass is 9.82. The zero-order valence-electron chi connectivity index (χ0n) is 15.4. The van der Waals surface area contributed by atoms with E-state index in [1.54, 1.807) is 24.3 Å². The molecule has 3 atom stereocenters. The van der Waals surface area contributed by atoms with Gasteiger partial charge in [-0.05, 0) is 54.1 Å². The van der Waals surface area contributed by atoms with Crippen molar-refractivity contribution in [1.82, 2.24) is 5.32 Å². The number of benzene rings is 2. The fourth-order valence-corrected chi connectivity index (χ4v) is 3.50. The highest BCUT2D eigenvalue weighted by molar-refractivity contribution is 5.94. The average molecular weight is 364 g/mol. The molecule has 27 heavy (non-hydrogen) atoms. The number of amides is 1. The highest BCUT2D eigenvalue weighted by Gasteiger charge is 2.31. The molecule has 2 aromatic carbocycles. The van der Waals surface area contributed by atoms with Crippen molar-refractivity contribution < 1.29 is 9.53 Å². The molecule has 0 radical (unpaired) electrons. The molecule has 0 aromatic heterocycles. The second-order valence-corrected chi connectivity index (χ2v) is 6.98. The number of carbonyl (C=O) groups excluding carboxylic acids is 1. The van der Waals surface area contributed by atoms with Crippen molar-refractivity contribution in [2.75, 3.05) is 0 Å². The first kappa shape index (κ1) is 18.8. The van der Waals surface area contributed by atoms with Crippen LogP contribution in [0, 0.1) is 5.92 Å². The number of hydrogen-bond donors (Lipinski definition) is 1. The molecule has 2 aromatic rings. The molecule has 0 spiro atoms. The molecule has 140 valence electrons. The van der Waals surface area contributed by atoms with Crippen LogP contribution in [0.2, 0.25) is 0 Å². The van der Waals surface area contributed by atoms with Crippen LogP contribution in [0.1, 0.15) is 42.1 Å². The molecule has 0 heterocycles. The first-order chi connectivity index (χ1) is 13.2. The van der Waals surface area contributed by atoms with Crippen LogP contribution in [-0.4, -0.2) is 18.0 Å². The Kier molecular flexibility index (Phi) is 6.34. The van der Waals surface area contributed by atoms with Crippen LogP contribution in [0.3, 0.4) is 0 Å². The molecular weight excluding hydrogens is 340 g/mol. The van der Waals surface area contributed by atoms with E-state index in [0.29, 0.717) is 17.9 Å². The lowest BCUT2D eigenvalue weighted by Gasteiger charge is -2.34. The molecule has 0 aliphatic heterocycles. The third-order valence-electron chi connectivity index (χ3n) is 5.05. The summed E-state index contributed by atoms with van der Waals surface area (Å²) in [6.07, 6.45) is 2.85. The van der Waals surface area contributed by atoms with Crippen LogP contribution in [0.4, 0.5) is 0 Å². The molecule has 1 fully saturated rings. The van der Waals surface area contributed by atoms with Gasteiger partial charge in [0.25, 0.3) is 5.91 Å². The molecule has 6 heteroatoms. The molecule has 1 amide bonds. The second-order valence-electron chi connectivity index (χ2n) is 6.98. The minimum Gasteiger partial charge on any atom is -0.489 e. The molecule has 1 N–H and O–H groups in total. The van der Waals surface area contributed by atoms with Crippen molar-refractivity contribution in [3.05, 3.63) is 76.2 Å². The first-order valence-electron chi connectivity index (χ1n) is 9.29. The normalized spacial score (nSPS) is 21.7. The van der Waals surface area contributed by atoms with Crippen molar-refractivity contribution in [3.63, 3.8) is 0 Å². The predicted molar refractivity (Wildman–Crippen MR) is 104 cm³/mol. The van der Waals surface area contributed by atoms with Crippen molar-refractivity contribution in [1.29, 1.82) is 0 Å². The number of hydrogen-bond acceptors (Lipinski definition) is 3. The topological polar surface area (TPSA) is 87.1 Å². The largest absolute Gasteiger partial charge is 0.489 e. The van der Waals surface area contributed by atoms with E-state index in [2.05, 4.69) is 22.3 Å². The van der Waals surface area contributed by atoms with E-state index in [1.165, 1.54) is 0 Å². The minimum atomic E-state index is -0.184. The van der Waals surface area contributed by atoms with Crippen LogP contribution in [0.15, 0.2) is 59.7 Å². The summed E-state index contributed by atoms with van der Waals surface area (Å²) in [5, 5.41) is 6.93. The number of nitrogens with zero attached hydrogens (tertiary/aromatic N) is 3. The van der Waals surface area contributed by atoms with E-state index >= 15 is 0 Å². The summed E-state index contributed by atoms with van der Waals surface area (Å²) in [6.45, 7) is 2.57. The van der Waals surface area contributed by atoms with Crippen LogP contribution in [-0.2, 0) is 6.61 Å². The third-order valence-corrected chi connectivity index (χ3v) is 5.05. The van der Waals surface area contributed by atoms with Crippen LogP contribution < -0.4 is 10.1 Å². The fourth-order valence-electron chi connectivity index (χ4n) is 3.50. The van der Waals surface area contributed by atoms with E-state index in [9.17, 15) is 4.79 Å². The van der Waals surface area contributed by atoms with Crippen molar-refractivity contribution in [2.45, 2.75) is 44.9 Å². The Hall–Kier alpha value is -2.98. The summed E-state index contributed by atoms with van der Waals surface area (Å²) in [4.78, 5) is 15.6. The Labute approximate surface area is 159 Å². The van der Waals surface area contributed by atoms with Crippen molar-refractivity contribution >= 4 is 5.91 Å². The lowest BCUT2D eigenvalue weighted by Crippen LogP contribution is -2.48. The zero-order valence-corrected chi connectivity index (χ0v) is 15.4. The molecule has 3 rings (SSSR count). The maximum absolute atomic E-state index is 12.6. The highest BCUT2D eigenvalue weighted by Crippen LogP contribution is 2.27. The maximum Gasteiger partial charge on any atom is 0.251 e. The Bertz CT molecular complexity index is 801. The quantitative estimate of drug-likeness (QED) is 0.450. The van der Waals surface area contributed by atoms with Gasteiger partial charge >= 0.3 is 0 Å². The van der Waals surface area contributed by atoms with Crippen molar-refractivity contribution in [3.8, 4) is 5.75 Å². The Balaban J connectivity index is 1.60. The number of azide groups is 1. The highest BCUT2D eigenvalue weighted by atomic mass is 16.5. The zero-order chi connectivity index (χ0) is 19.1. The number of nitrogens with one attached hydrogen (secondary N) is 1. The van der Waals surface area contributed by atoms with E-state index in [0.717, 1.165) is 24.8 Å². The van der Waals surface area contributed by atoms with Gasteiger partial charge in [-0.1, -0.05) is 48.8 Å². The molecule has 1 aliphatic carbocycles. The molecule has 1 unspecified atom stereocenters. The summed E-state index contributed by atoms with van der Waals surface area (Å²) in [6, 6.07) is 16.7. The van der Waals surface area contributed by atoms with Gasteiger partial charge in [0.05, 0.1) is 6.04 Å². The lowest BCUT2D eigenvalue weighted by molar-refractivity contribution is 0.0900. The smallest absolute Gasteiger partial charge is 0.251 e. The molecule has 0 saturated heterocycles. The average Bonchev–Trinajstić information content (AvgIpc) is 2.70. The van der Waals surface area contributed by atoms with Crippen LogP contribution in [0.5, 0.6) is 5.75 Å². The van der Waals surface area contributed by atoms with Gasteiger partial charge in [0.2, 0.25) is 0 Å². The summed E-state index contributed by atoms with van der Waals surface area (Å²) in [5.74, 6) is 0.849. The van der Waals surface area contributed by atoms with Gasteiger partial charge in [0.15, 0.2) is 0 Å². The van der Waals surface area contributed by atoms with Crippen LogP contribution >= 0.6 is 0 Å². The van der Waals surface area contributed by atoms with Gasteiger partial charge in [0.1, 0.15) is 12.4 Å². The van der Waals surface area contributed by atoms with E-state index < -0.39 is 0 Å². The van der Waals surface area contributed by atoms with E-state index in [1.807, 2.05) is 30.3 Å². The third kappa shape index (κ3) is 5.02. The van der Waals surface area contributed by atoms with Gasteiger partial charge in [-0.3, -0.25) is 4.79 Å². The summed E-state index contributed by atoms with van der Waals surface area (Å²) < 4.78 is 5.76. The predicted octanol–water partition coefficient (Wildman–Crippen LogP) is 4.86. The van der Waals surface area contributed by atoms with E-state index in [-0.39, 0.29) is 23.9 Å². The fraction of sp³-hybridized carbons (Fsp3) is 0.381. The standard InChI is InChI=1S/C21H24N4O2/c1-15-6-5-9-19(24-25-22)20(15)23-21(26)17-10-12-18(13-11-17)27-14-16-7-3-2-4-8-16/h2-4,7-8,10-13,15,19-20H,5-6,9,14H2,1H3,(H,23,26)/t15-,19-,20?/m0/s1. The summed E-state index contributed by atoms with van der Waals surface area (Å²) in [7, 11) is 0. The second kappa shape index (κ2) is 9.10. The molecule has 1 saturated carbocycles. The van der Waals surface area contributed by atoms with Gasteiger partial charge < -0.3 is 10.1 Å². The molecular formula is C21H24N4O2. The number of rotatable bonds is 6. The summed E-state index contributed by atoms with van der Waals surface area (Å²) in [5.41, 5.74) is 10.4. The molecule has 0 bridgehead atoms. The number of ether oxygens (including phenoxy) is 1. The number of carbonyl (C=O) groups is 1. The molecule has 1 aliphatic rings. The Morgan fingerprint density at radius 1 is 1.19 bits per heavy atom. The van der Waals surface area contributed by atoms with Crippen molar-refractivity contribution in [2.24, 2.45) is 11.0 Å². The van der Waals surface area contributed by atoms with Gasteiger partial charge in [-0.15, -0.1) is 0 Å². The Morgan fingerprint density at radius 3 is 2.63 bits per heavy atom. The van der Waals surface area contributed by atoms with Gasteiger partial charge in [-0.25, -0.2) is 0 Å². The Morgan fingerprint density at radius 2 is 1.93 bits per heavy atom. The maximum atomic E-state index is 12.6. The summed E-state index contributed by atoms with van der Waals surface area (Å²) >= 11 is 0. The van der Waals surface area contributed by atoms with Gasteiger partial charge in [0, 0.05) is 16.5 Å².